The van der Waals surface area contributed by atoms with Crippen molar-refractivity contribution in [1.82, 2.24) is 19.1 Å². The second-order valence-corrected chi connectivity index (χ2v) is 10.2. The van der Waals surface area contributed by atoms with Crippen molar-refractivity contribution < 1.29 is 8.42 Å². The first-order valence-corrected chi connectivity index (χ1v) is 12.4. The Labute approximate surface area is 185 Å². The predicted molar refractivity (Wildman–Crippen MR) is 122 cm³/mol. The van der Waals surface area contributed by atoms with Crippen LogP contribution >= 0.6 is 0 Å². The number of aryl methyl sites for hydroxylation is 2. The fourth-order valence-electron chi connectivity index (χ4n) is 4.40. The van der Waals surface area contributed by atoms with Crippen LogP contribution in [0.4, 0.5) is 0 Å². The van der Waals surface area contributed by atoms with Crippen molar-refractivity contribution in [2.75, 3.05) is 13.1 Å². The van der Waals surface area contributed by atoms with Crippen LogP contribution in [-0.4, -0.2) is 40.6 Å². The van der Waals surface area contributed by atoms with Crippen molar-refractivity contribution in [3.8, 4) is 0 Å². The second-order valence-electron chi connectivity index (χ2n) is 8.33. The fourth-order valence-corrected chi connectivity index (χ4v) is 6.08. The summed E-state index contributed by atoms with van der Waals surface area (Å²) in [5, 5.41) is 4.23. The molecule has 1 aromatic carbocycles. The minimum Gasteiger partial charge on any atom is -0.269 e. The van der Waals surface area contributed by atoms with Gasteiger partial charge in [0.1, 0.15) is 4.90 Å². The van der Waals surface area contributed by atoms with E-state index in [0.717, 1.165) is 30.7 Å². The SMILES string of the molecule is CCn1ncc(S(=O)(=O)N2CCCC(c3cccc(Cc4cccc(C)c4)n3)C2)c1C. The van der Waals surface area contributed by atoms with Crippen molar-refractivity contribution in [2.45, 2.75) is 57.4 Å². The summed E-state index contributed by atoms with van der Waals surface area (Å²) in [5.74, 6) is 0.0995. The van der Waals surface area contributed by atoms with Gasteiger partial charge in [-0.1, -0.05) is 35.9 Å². The minimum absolute atomic E-state index is 0.0995. The van der Waals surface area contributed by atoms with E-state index in [4.69, 9.17) is 4.98 Å². The molecule has 0 aliphatic carbocycles. The van der Waals surface area contributed by atoms with Gasteiger partial charge >= 0.3 is 0 Å². The van der Waals surface area contributed by atoms with Crippen LogP contribution in [-0.2, 0) is 23.0 Å². The second kappa shape index (κ2) is 8.93. The average Bonchev–Trinajstić information content (AvgIpc) is 3.15. The van der Waals surface area contributed by atoms with Gasteiger partial charge in [-0.05, 0) is 51.3 Å². The molecule has 1 fully saturated rings. The molecule has 0 spiro atoms. The molecule has 0 saturated carbocycles. The van der Waals surface area contributed by atoms with Gasteiger partial charge in [0.15, 0.2) is 0 Å². The Morgan fingerprint density at radius 1 is 1.13 bits per heavy atom. The van der Waals surface area contributed by atoms with Crippen LogP contribution in [0, 0.1) is 13.8 Å². The highest BCUT2D eigenvalue weighted by Crippen LogP contribution is 2.30. The van der Waals surface area contributed by atoms with Crippen LogP contribution in [0.1, 0.15) is 53.9 Å². The highest BCUT2D eigenvalue weighted by Gasteiger charge is 2.33. The summed E-state index contributed by atoms with van der Waals surface area (Å²) < 4.78 is 30.0. The van der Waals surface area contributed by atoms with Crippen LogP contribution in [0.3, 0.4) is 0 Å². The average molecular weight is 439 g/mol. The maximum absolute atomic E-state index is 13.3. The molecule has 3 aromatic rings. The van der Waals surface area contributed by atoms with E-state index >= 15 is 0 Å². The van der Waals surface area contributed by atoms with Gasteiger partial charge in [-0.2, -0.15) is 9.40 Å². The number of pyridine rings is 1. The zero-order chi connectivity index (χ0) is 22.0. The predicted octanol–water partition coefficient (Wildman–Crippen LogP) is 4.07. The lowest BCUT2D eigenvalue weighted by molar-refractivity contribution is 0.312. The first kappa shape index (κ1) is 21.7. The summed E-state index contributed by atoms with van der Waals surface area (Å²) >= 11 is 0. The summed E-state index contributed by atoms with van der Waals surface area (Å²) in [6.07, 6.45) is 4.03. The van der Waals surface area contributed by atoms with Gasteiger partial charge in [0.05, 0.1) is 11.9 Å². The summed E-state index contributed by atoms with van der Waals surface area (Å²) in [5.41, 5.74) is 5.17. The van der Waals surface area contributed by atoms with Gasteiger partial charge in [0, 0.05) is 43.4 Å². The van der Waals surface area contributed by atoms with Gasteiger partial charge in [0.25, 0.3) is 0 Å². The number of rotatable bonds is 6. The molecule has 6 nitrogen and oxygen atoms in total. The van der Waals surface area contributed by atoms with Crippen LogP contribution < -0.4 is 0 Å². The van der Waals surface area contributed by atoms with Gasteiger partial charge < -0.3 is 0 Å². The summed E-state index contributed by atoms with van der Waals surface area (Å²) in [6, 6.07) is 14.6. The molecule has 0 bridgehead atoms. The largest absolute Gasteiger partial charge is 0.269 e. The van der Waals surface area contributed by atoms with Crippen LogP contribution in [0.2, 0.25) is 0 Å². The number of benzene rings is 1. The Bertz CT molecular complexity index is 1170. The van der Waals surface area contributed by atoms with Crippen molar-refractivity contribution in [2.24, 2.45) is 0 Å². The molecule has 1 unspecified atom stereocenters. The van der Waals surface area contributed by atoms with E-state index in [1.54, 1.807) is 8.99 Å². The number of sulfonamides is 1. The van der Waals surface area contributed by atoms with Gasteiger partial charge in [-0.25, -0.2) is 8.42 Å². The Morgan fingerprint density at radius 2 is 1.94 bits per heavy atom. The van der Waals surface area contributed by atoms with Gasteiger partial charge in [-0.15, -0.1) is 0 Å². The normalized spacial score (nSPS) is 17.7. The van der Waals surface area contributed by atoms with Crippen molar-refractivity contribution in [3.05, 3.63) is 76.9 Å². The highest BCUT2D eigenvalue weighted by molar-refractivity contribution is 7.89. The van der Waals surface area contributed by atoms with Crippen molar-refractivity contribution in [3.63, 3.8) is 0 Å². The lowest BCUT2D eigenvalue weighted by atomic mass is 9.95. The van der Waals surface area contributed by atoms with Crippen molar-refractivity contribution >= 4 is 10.0 Å². The Morgan fingerprint density at radius 3 is 2.68 bits per heavy atom. The number of piperidine rings is 1. The Kier molecular flexibility index (Phi) is 6.25. The smallest absolute Gasteiger partial charge is 0.246 e. The van der Waals surface area contributed by atoms with Crippen LogP contribution in [0.25, 0.3) is 0 Å². The van der Waals surface area contributed by atoms with E-state index < -0.39 is 10.0 Å². The first-order valence-electron chi connectivity index (χ1n) is 10.9. The van der Waals surface area contributed by atoms with E-state index in [9.17, 15) is 8.42 Å². The number of hydrogen-bond acceptors (Lipinski definition) is 4. The van der Waals surface area contributed by atoms with Crippen molar-refractivity contribution in [1.29, 1.82) is 0 Å². The zero-order valence-corrected chi connectivity index (χ0v) is 19.3. The number of nitrogens with zero attached hydrogens (tertiary/aromatic N) is 4. The van der Waals surface area contributed by atoms with Gasteiger partial charge in [-0.3, -0.25) is 9.67 Å². The van der Waals surface area contributed by atoms with E-state index in [-0.39, 0.29) is 5.92 Å². The topological polar surface area (TPSA) is 68.1 Å². The molecule has 31 heavy (non-hydrogen) atoms. The van der Waals surface area contributed by atoms with E-state index in [1.165, 1.54) is 17.3 Å². The molecule has 1 atom stereocenters. The van der Waals surface area contributed by atoms with E-state index in [0.29, 0.717) is 30.2 Å². The van der Waals surface area contributed by atoms with Crippen LogP contribution in [0.15, 0.2) is 53.6 Å². The third-order valence-electron chi connectivity index (χ3n) is 6.07. The molecule has 164 valence electrons. The molecule has 0 N–H and O–H groups in total. The van der Waals surface area contributed by atoms with Crippen LogP contribution in [0.5, 0.6) is 0 Å². The standard InChI is InChI=1S/C24H30N4O2S/c1-4-28-19(3)24(16-25-28)31(29,30)27-13-7-10-21(17-27)23-12-6-11-22(26-23)15-20-9-5-8-18(2)14-20/h5-6,8-9,11-12,14,16,21H,4,7,10,13,15,17H2,1-3H3. The maximum Gasteiger partial charge on any atom is 0.246 e. The molecule has 0 amide bonds. The van der Waals surface area contributed by atoms with Gasteiger partial charge in [0.2, 0.25) is 10.0 Å². The Balaban J connectivity index is 1.54. The third kappa shape index (κ3) is 4.57. The van der Waals surface area contributed by atoms with E-state index in [1.807, 2.05) is 32.0 Å². The monoisotopic (exact) mass is 438 g/mol. The third-order valence-corrected chi connectivity index (χ3v) is 8.04. The molecule has 7 heteroatoms. The number of hydrogen-bond donors (Lipinski definition) is 0. The lowest BCUT2D eigenvalue weighted by Gasteiger charge is -2.31. The molecule has 0 radical (unpaired) electrons. The molecule has 4 rings (SSSR count). The molecular formula is C24H30N4O2S. The zero-order valence-electron chi connectivity index (χ0n) is 18.5. The minimum atomic E-state index is -3.56. The molecular weight excluding hydrogens is 408 g/mol. The fraction of sp³-hybridized carbons (Fsp3) is 0.417. The molecule has 2 aromatic heterocycles. The summed E-state index contributed by atoms with van der Waals surface area (Å²) in [7, 11) is -3.56. The molecule has 3 heterocycles. The molecule has 1 saturated heterocycles. The number of aromatic nitrogens is 3. The highest BCUT2D eigenvalue weighted by atomic mass is 32.2. The van der Waals surface area contributed by atoms with E-state index in [2.05, 4.69) is 36.3 Å². The molecule has 1 aliphatic heterocycles. The molecule has 1 aliphatic rings. The lowest BCUT2D eigenvalue weighted by Crippen LogP contribution is -2.39. The summed E-state index contributed by atoms with van der Waals surface area (Å²) in [4.78, 5) is 5.22. The first-order chi connectivity index (χ1) is 14.9. The maximum atomic E-state index is 13.3. The Hall–Kier alpha value is -2.51. The summed E-state index contributed by atoms with van der Waals surface area (Å²) in [6.45, 7) is 7.53. The quantitative estimate of drug-likeness (QED) is 0.582.